The second-order valence-corrected chi connectivity index (χ2v) is 3.02. The van der Waals surface area contributed by atoms with E-state index in [0.29, 0.717) is 5.56 Å². The Labute approximate surface area is 78.2 Å². The molecule has 0 spiro atoms. The van der Waals surface area contributed by atoms with Crippen LogP contribution < -0.4 is 5.32 Å². The maximum Gasteiger partial charge on any atom is 0.251 e. The Morgan fingerprint density at radius 3 is 2.69 bits per heavy atom. The average Bonchev–Trinajstić information content (AvgIpc) is 2.19. The highest BCUT2D eigenvalue weighted by Crippen LogP contribution is 1.97. The molecule has 1 N–H and O–H groups in total. The minimum atomic E-state index is -0.0308. The van der Waals surface area contributed by atoms with E-state index in [1.165, 1.54) is 0 Å². The molecule has 0 aliphatic heterocycles. The number of carbonyl (C=O) groups excluding carboxylic acids is 1. The Hall–Kier alpha value is -1.38. The first-order chi connectivity index (χ1) is 6.24. The van der Waals surface area contributed by atoms with E-state index < -0.39 is 0 Å². The highest BCUT2D eigenvalue weighted by molar-refractivity contribution is 5.94. The van der Waals surface area contributed by atoms with Gasteiger partial charge in [0.15, 0.2) is 0 Å². The van der Waals surface area contributed by atoms with Crippen LogP contribution in [-0.2, 0) is 0 Å². The molecule has 3 heteroatoms. The molecule has 0 saturated carbocycles. The van der Waals surface area contributed by atoms with E-state index in [9.17, 15) is 4.79 Å². The summed E-state index contributed by atoms with van der Waals surface area (Å²) in [5.74, 6) is -0.0308. The summed E-state index contributed by atoms with van der Waals surface area (Å²) >= 11 is 0. The molecule has 1 unspecified atom stereocenters. The molecule has 0 saturated heterocycles. The molecule has 0 fully saturated rings. The predicted octanol–water partition coefficient (Wildman–Crippen LogP) is 1.61. The van der Waals surface area contributed by atoms with E-state index in [1.807, 2.05) is 13.8 Å². The van der Waals surface area contributed by atoms with Crippen LogP contribution in [0.4, 0.5) is 0 Å². The molecule has 3 nitrogen and oxygen atoms in total. The molecule has 1 rings (SSSR count). The standard InChI is InChI=1S/C10H14N2O/c1-3-8(2)12-10(13)9-4-6-11-7-5-9/h4-8H,3H2,1-2H3,(H,12,13). The van der Waals surface area contributed by atoms with E-state index >= 15 is 0 Å². The van der Waals surface area contributed by atoms with Gasteiger partial charge in [-0.1, -0.05) is 6.92 Å². The number of rotatable bonds is 3. The van der Waals surface area contributed by atoms with Gasteiger partial charge < -0.3 is 5.32 Å². The Kier molecular flexibility index (Phi) is 3.43. The fourth-order valence-corrected chi connectivity index (χ4v) is 0.912. The molecule has 0 aliphatic carbocycles. The SMILES string of the molecule is CCC(C)NC(=O)c1ccncc1. The Morgan fingerprint density at radius 1 is 1.54 bits per heavy atom. The van der Waals surface area contributed by atoms with Gasteiger partial charge in [-0.25, -0.2) is 0 Å². The third-order valence-corrected chi connectivity index (χ3v) is 1.93. The Morgan fingerprint density at radius 2 is 2.15 bits per heavy atom. The number of amides is 1. The van der Waals surface area contributed by atoms with Crippen molar-refractivity contribution in [3.8, 4) is 0 Å². The summed E-state index contributed by atoms with van der Waals surface area (Å²) in [6.07, 6.45) is 4.17. The molecular formula is C10H14N2O. The van der Waals surface area contributed by atoms with E-state index in [0.717, 1.165) is 6.42 Å². The number of hydrogen-bond acceptors (Lipinski definition) is 2. The molecular weight excluding hydrogens is 164 g/mol. The van der Waals surface area contributed by atoms with Crippen LogP contribution in [0.15, 0.2) is 24.5 Å². The molecule has 1 aromatic heterocycles. The monoisotopic (exact) mass is 178 g/mol. The summed E-state index contributed by atoms with van der Waals surface area (Å²) in [5.41, 5.74) is 0.662. The Bertz CT molecular complexity index is 272. The number of pyridine rings is 1. The van der Waals surface area contributed by atoms with E-state index in [1.54, 1.807) is 24.5 Å². The van der Waals surface area contributed by atoms with Crippen LogP contribution in [0.2, 0.25) is 0 Å². The topological polar surface area (TPSA) is 42.0 Å². The second kappa shape index (κ2) is 4.60. The van der Waals surface area contributed by atoms with Crippen LogP contribution in [0.25, 0.3) is 0 Å². The van der Waals surface area contributed by atoms with E-state index in [2.05, 4.69) is 10.3 Å². The van der Waals surface area contributed by atoms with Crippen LogP contribution in [0, 0.1) is 0 Å². The van der Waals surface area contributed by atoms with Gasteiger partial charge in [0, 0.05) is 24.0 Å². The molecule has 1 heterocycles. The zero-order chi connectivity index (χ0) is 9.68. The lowest BCUT2D eigenvalue weighted by molar-refractivity contribution is 0.0939. The fourth-order valence-electron chi connectivity index (χ4n) is 0.912. The van der Waals surface area contributed by atoms with Gasteiger partial charge in [-0.05, 0) is 25.5 Å². The lowest BCUT2D eigenvalue weighted by Crippen LogP contribution is -2.31. The van der Waals surface area contributed by atoms with Gasteiger partial charge in [-0.2, -0.15) is 0 Å². The summed E-state index contributed by atoms with van der Waals surface area (Å²) < 4.78 is 0. The molecule has 1 aromatic rings. The van der Waals surface area contributed by atoms with Crippen LogP contribution >= 0.6 is 0 Å². The van der Waals surface area contributed by atoms with Gasteiger partial charge in [0.1, 0.15) is 0 Å². The van der Waals surface area contributed by atoms with Crippen molar-refractivity contribution in [2.24, 2.45) is 0 Å². The molecule has 1 amide bonds. The predicted molar refractivity (Wildman–Crippen MR) is 51.5 cm³/mol. The first kappa shape index (κ1) is 9.71. The zero-order valence-electron chi connectivity index (χ0n) is 7.95. The lowest BCUT2D eigenvalue weighted by atomic mass is 10.2. The van der Waals surface area contributed by atoms with Crippen molar-refractivity contribution < 1.29 is 4.79 Å². The third-order valence-electron chi connectivity index (χ3n) is 1.93. The van der Waals surface area contributed by atoms with Crippen molar-refractivity contribution >= 4 is 5.91 Å². The van der Waals surface area contributed by atoms with Crippen LogP contribution in [0.5, 0.6) is 0 Å². The van der Waals surface area contributed by atoms with Crippen molar-refractivity contribution in [1.82, 2.24) is 10.3 Å². The second-order valence-electron chi connectivity index (χ2n) is 3.02. The highest BCUT2D eigenvalue weighted by atomic mass is 16.1. The van der Waals surface area contributed by atoms with Crippen LogP contribution in [0.1, 0.15) is 30.6 Å². The number of carbonyl (C=O) groups is 1. The summed E-state index contributed by atoms with van der Waals surface area (Å²) in [6, 6.07) is 3.63. The van der Waals surface area contributed by atoms with Crippen molar-refractivity contribution in [3.63, 3.8) is 0 Å². The number of nitrogens with one attached hydrogen (secondary N) is 1. The third kappa shape index (κ3) is 2.86. The minimum Gasteiger partial charge on any atom is -0.350 e. The summed E-state index contributed by atoms with van der Waals surface area (Å²) in [5, 5.41) is 2.88. The normalized spacial score (nSPS) is 12.2. The Balaban J connectivity index is 2.59. The molecule has 13 heavy (non-hydrogen) atoms. The first-order valence-electron chi connectivity index (χ1n) is 4.45. The fraction of sp³-hybridized carbons (Fsp3) is 0.400. The molecule has 0 radical (unpaired) electrons. The van der Waals surface area contributed by atoms with Gasteiger partial charge in [-0.15, -0.1) is 0 Å². The maximum atomic E-state index is 11.5. The van der Waals surface area contributed by atoms with Gasteiger partial charge in [0.25, 0.3) is 5.91 Å². The zero-order valence-corrected chi connectivity index (χ0v) is 7.95. The van der Waals surface area contributed by atoms with Gasteiger partial charge in [0.05, 0.1) is 0 Å². The summed E-state index contributed by atoms with van der Waals surface area (Å²) in [6.45, 7) is 4.02. The van der Waals surface area contributed by atoms with Gasteiger partial charge >= 0.3 is 0 Å². The van der Waals surface area contributed by atoms with E-state index in [4.69, 9.17) is 0 Å². The number of aromatic nitrogens is 1. The van der Waals surface area contributed by atoms with Gasteiger partial charge in [0.2, 0.25) is 0 Å². The number of hydrogen-bond donors (Lipinski definition) is 1. The van der Waals surface area contributed by atoms with Crippen molar-refractivity contribution in [2.45, 2.75) is 26.3 Å². The molecule has 70 valence electrons. The van der Waals surface area contributed by atoms with Crippen molar-refractivity contribution in [1.29, 1.82) is 0 Å². The minimum absolute atomic E-state index is 0.0308. The maximum absolute atomic E-state index is 11.5. The van der Waals surface area contributed by atoms with Crippen LogP contribution in [0.3, 0.4) is 0 Å². The smallest absolute Gasteiger partial charge is 0.251 e. The molecule has 0 aliphatic rings. The first-order valence-corrected chi connectivity index (χ1v) is 4.45. The van der Waals surface area contributed by atoms with Crippen molar-refractivity contribution in [3.05, 3.63) is 30.1 Å². The average molecular weight is 178 g/mol. The summed E-state index contributed by atoms with van der Waals surface area (Å²) in [7, 11) is 0. The quantitative estimate of drug-likeness (QED) is 0.764. The van der Waals surface area contributed by atoms with Crippen molar-refractivity contribution in [2.75, 3.05) is 0 Å². The van der Waals surface area contributed by atoms with E-state index in [-0.39, 0.29) is 11.9 Å². The van der Waals surface area contributed by atoms with Gasteiger partial charge in [-0.3, -0.25) is 9.78 Å². The molecule has 0 aromatic carbocycles. The lowest BCUT2D eigenvalue weighted by Gasteiger charge is -2.10. The summed E-state index contributed by atoms with van der Waals surface area (Å²) in [4.78, 5) is 15.3. The molecule has 1 atom stereocenters. The highest BCUT2D eigenvalue weighted by Gasteiger charge is 2.06. The molecule has 0 bridgehead atoms. The largest absolute Gasteiger partial charge is 0.350 e. The van der Waals surface area contributed by atoms with Crippen LogP contribution in [-0.4, -0.2) is 16.9 Å². The number of nitrogens with zero attached hydrogens (tertiary/aromatic N) is 1.